The maximum Gasteiger partial charge on any atom is 0.399 e. The fraction of sp³-hybridized carbons (Fsp3) is 0.667. The molecule has 78 valence electrons. The van der Waals surface area contributed by atoms with Crippen LogP contribution in [0.3, 0.4) is 0 Å². The maximum absolute atomic E-state index is 12.6. The predicted octanol–water partition coefficient (Wildman–Crippen LogP) is 2.77. The summed E-state index contributed by atoms with van der Waals surface area (Å²) in [7, 11) is 0. The zero-order chi connectivity index (χ0) is 10.3. The molecule has 1 heterocycles. The van der Waals surface area contributed by atoms with Crippen LogP contribution in [0.5, 0.6) is 0 Å². The normalized spacial score (nSPS) is 19.7. The third kappa shape index (κ3) is 1.76. The monoisotopic (exact) mass is 204 g/mol. The summed E-state index contributed by atoms with van der Waals surface area (Å²) in [5, 5.41) is 0. The molecule has 1 saturated carbocycles. The number of imidazole rings is 1. The molecular weight excluding hydrogens is 193 g/mol. The molecule has 1 aromatic rings. The van der Waals surface area contributed by atoms with Crippen molar-refractivity contribution < 1.29 is 13.2 Å². The van der Waals surface area contributed by atoms with Gasteiger partial charge in [-0.25, -0.2) is 4.98 Å². The molecule has 1 aromatic heterocycles. The highest BCUT2D eigenvalue weighted by Gasteiger charge is 2.51. The van der Waals surface area contributed by atoms with Gasteiger partial charge in [0.1, 0.15) is 11.7 Å². The van der Waals surface area contributed by atoms with E-state index in [1.807, 2.05) is 0 Å². The minimum absolute atomic E-state index is 0.0671. The average Bonchev–Trinajstić information content (AvgIpc) is 2.74. The molecule has 2 nitrogen and oxygen atoms in total. The standard InChI is InChI=1S/C9H11F3N2/c1-5-4-13-8(14-5)7(6-2-3-6)9(10,11)12/h4,6-7H,2-3H2,1H3,(H,13,14)/t7-/m0/s1. The van der Waals surface area contributed by atoms with Gasteiger partial charge in [0.2, 0.25) is 0 Å². The summed E-state index contributed by atoms with van der Waals surface area (Å²) in [5.41, 5.74) is 0.676. The van der Waals surface area contributed by atoms with Crippen LogP contribution in [0, 0.1) is 12.8 Å². The number of halogens is 3. The molecule has 0 amide bonds. The second kappa shape index (κ2) is 3.00. The van der Waals surface area contributed by atoms with E-state index >= 15 is 0 Å². The Hall–Kier alpha value is -1.00. The first-order valence-corrected chi connectivity index (χ1v) is 4.56. The number of aromatic amines is 1. The van der Waals surface area contributed by atoms with Gasteiger partial charge < -0.3 is 4.98 Å². The highest BCUT2D eigenvalue weighted by Crippen LogP contribution is 2.49. The summed E-state index contributed by atoms with van der Waals surface area (Å²) < 4.78 is 37.9. The summed E-state index contributed by atoms with van der Waals surface area (Å²) >= 11 is 0. The first-order chi connectivity index (χ1) is 6.48. The van der Waals surface area contributed by atoms with E-state index in [9.17, 15) is 13.2 Å². The number of aryl methyl sites for hydroxylation is 1. The number of aromatic nitrogens is 2. The highest BCUT2D eigenvalue weighted by molar-refractivity contribution is 5.10. The van der Waals surface area contributed by atoms with Gasteiger partial charge >= 0.3 is 6.18 Å². The molecule has 0 bridgehead atoms. The molecule has 1 fully saturated rings. The minimum atomic E-state index is -4.18. The molecule has 0 unspecified atom stereocenters. The van der Waals surface area contributed by atoms with Gasteiger partial charge in [-0.3, -0.25) is 0 Å². The lowest BCUT2D eigenvalue weighted by atomic mass is 10.0. The summed E-state index contributed by atoms with van der Waals surface area (Å²) in [6.45, 7) is 1.71. The van der Waals surface area contributed by atoms with Gasteiger partial charge in [0.15, 0.2) is 0 Å². The number of nitrogens with zero attached hydrogens (tertiary/aromatic N) is 1. The Kier molecular flexibility index (Phi) is 2.05. The third-order valence-electron chi connectivity index (χ3n) is 2.46. The Balaban J connectivity index is 2.27. The van der Waals surface area contributed by atoms with Crippen molar-refractivity contribution >= 4 is 0 Å². The second-order valence-corrected chi connectivity index (χ2v) is 3.81. The molecule has 1 atom stereocenters. The van der Waals surface area contributed by atoms with Gasteiger partial charge in [-0.1, -0.05) is 0 Å². The quantitative estimate of drug-likeness (QED) is 0.788. The number of H-pyrrole nitrogens is 1. The van der Waals surface area contributed by atoms with Crippen LogP contribution < -0.4 is 0 Å². The topological polar surface area (TPSA) is 28.7 Å². The molecule has 0 aliphatic heterocycles. The molecule has 2 rings (SSSR count). The molecule has 0 saturated heterocycles. The number of hydrogen-bond donors (Lipinski definition) is 1. The van der Waals surface area contributed by atoms with E-state index in [1.54, 1.807) is 6.92 Å². The molecule has 1 aliphatic rings. The lowest BCUT2D eigenvalue weighted by Crippen LogP contribution is -2.23. The number of hydrogen-bond acceptors (Lipinski definition) is 1. The van der Waals surface area contributed by atoms with Crippen LogP contribution in [0.4, 0.5) is 13.2 Å². The smallest absolute Gasteiger partial charge is 0.346 e. The van der Waals surface area contributed by atoms with E-state index < -0.39 is 12.1 Å². The van der Waals surface area contributed by atoms with Gasteiger partial charge in [0.05, 0.1) is 0 Å². The lowest BCUT2D eigenvalue weighted by molar-refractivity contribution is -0.156. The fourth-order valence-corrected chi connectivity index (χ4v) is 1.67. The van der Waals surface area contributed by atoms with Crippen LogP contribution in [0.1, 0.15) is 30.3 Å². The summed E-state index contributed by atoms with van der Waals surface area (Å²) in [6, 6.07) is 0. The van der Waals surface area contributed by atoms with Gasteiger partial charge in [-0.2, -0.15) is 13.2 Å². The van der Waals surface area contributed by atoms with E-state index in [0.29, 0.717) is 18.5 Å². The number of nitrogens with one attached hydrogen (secondary N) is 1. The van der Waals surface area contributed by atoms with Crippen LogP contribution in [-0.4, -0.2) is 16.1 Å². The molecule has 1 N–H and O–H groups in total. The Morgan fingerprint density at radius 3 is 2.50 bits per heavy atom. The van der Waals surface area contributed by atoms with Crippen molar-refractivity contribution in [2.75, 3.05) is 0 Å². The van der Waals surface area contributed by atoms with Gasteiger partial charge in [0, 0.05) is 11.9 Å². The van der Waals surface area contributed by atoms with Crippen molar-refractivity contribution in [3.8, 4) is 0 Å². The molecule has 0 spiro atoms. The van der Waals surface area contributed by atoms with E-state index in [4.69, 9.17) is 0 Å². The van der Waals surface area contributed by atoms with E-state index in [2.05, 4.69) is 9.97 Å². The Morgan fingerprint density at radius 1 is 1.50 bits per heavy atom. The van der Waals surface area contributed by atoms with Crippen LogP contribution in [0.15, 0.2) is 6.20 Å². The number of alkyl halides is 3. The first kappa shape index (κ1) is 9.55. The van der Waals surface area contributed by atoms with E-state index in [-0.39, 0.29) is 11.7 Å². The first-order valence-electron chi connectivity index (χ1n) is 4.56. The molecule has 14 heavy (non-hydrogen) atoms. The minimum Gasteiger partial charge on any atom is -0.346 e. The van der Waals surface area contributed by atoms with Crippen molar-refractivity contribution in [1.29, 1.82) is 0 Å². The Labute approximate surface area is 79.5 Å². The highest BCUT2D eigenvalue weighted by atomic mass is 19.4. The molecule has 1 aliphatic carbocycles. The summed E-state index contributed by atoms with van der Waals surface area (Å²) in [6.07, 6.45) is -1.42. The third-order valence-corrected chi connectivity index (χ3v) is 2.46. The second-order valence-electron chi connectivity index (χ2n) is 3.81. The van der Waals surface area contributed by atoms with Crippen molar-refractivity contribution in [2.45, 2.75) is 31.9 Å². The van der Waals surface area contributed by atoms with Gasteiger partial charge in [-0.15, -0.1) is 0 Å². The number of rotatable bonds is 2. The van der Waals surface area contributed by atoms with E-state index in [0.717, 1.165) is 0 Å². The Bertz CT molecular complexity index is 325. The van der Waals surface area contributed by atoms with Gasteiger partial charge in [0.25, 0.3) is 0 Å². The van der Waals surface area contributed by atoms with Gasteiger partial charge in [-0.05, 0) is 25.7 Å². The lowest BCUT2D eigenvalue weighted by Gasteiger charge is -2.17. The largest absolute Gasteiger partial charge is 0.399 e. The van der Waals surface area contributed by atoms with E-state index in [1.165, 1.54) is 6.20 Å². The van der Waals surface area contributed by atoms with Crippen LogP contribution in [0.2, 0.25) is 0 Å². The summed E-state index contributed by atoms with van der Waals surface area (Å²) in [4.78, 5) is 6.44. The Morgan fingerprint density at radius 2 is 2.14 bits per heavy atom. The zero-order valence-electron chi connectivity index (χ0n) is 7.73. The van der Waals surface area contributed by atoms with Crippen molar-refractivity contribution in [2.24, 2.45) is 5.92 Å². The molecule has 0 aromatic carbocycles. The molecule has 5 heteroatoms. The molecular formula is C9H11F3N2. The van der Waals surface area contributed by atoms with Crippen molar-refractivity contribution in [3.63, 3.8) is 0 Å². The van der Waals surface area contributed by atoms with Crippen LogP contribution in [-0.2, 0) is 0 Å². The van der Waals surface area contributed by atoms with Crippen LogP contribution in [0.25, 0.3) is 0 Å². The SMILES string of the molecule is Cc1cnc([C@H](C2CC2)C(F)(F)F)[nH]1. The summed E-state index contributed by atoms with van der Waals surface area (Å²) in [5.74, 6) is -1.59. The maximum atomic E-state index is 12.6. The zero-order valence-corrected chi connectivity index (χ0v) is 7.73. The molecule has 0 radical (unpaired) electrons. The average molecular weight is 204 g/mol. The van der Waals surface area contributed by atoms with Crippen LogP contribution >= 0.6 is 0 Å². The fourth-order valence-electron chi connectivity index (χ4n) is 1.67. The predicted molar refractivity (Wildman–Crippen MR) is 44.8 cm³/mol. The van der Waals surface area contributed by atoms with Crippen molar-refractivity contribution in [3.05, 3.63) is 17.7 Å². The van der Waals surface area contributed by atoms with Crippen molar-refractivity contribution in [1.82, 2.24) is 9.97 Å².